The average molecular weight is 581 g/mol. The van der Waals surface area contributed by atoms with E-state index >= 15 is 0 Å². The Balaban J connectivity index is 1.81. The molecule has 1 aliphatic heterocycles. The molecule has 1 aromatic carbocycles. The van der Waals surface area contributed by atoms with Gasteiger partial charge in [0.15, 0.2) is 6.29 Å². The van der Waals surface area contributed by atoms with Crippen LogP contribution in [0, 0.1) is 0 Å². The third-order valence-corrected chi connectivity index (χ3v) is 7.47. The molecule has 6 atom stereocenters. The normalized spacial score (nSPS) is 23.2. The Morgan fingerprint density at radius 3 is 2.22 bits per heavy atom. The van der Waals surface area contributed by atoms with Crippen molar-refractivity contribution in [3.63, 3.8) is 0 Å². The number of amides is 2. The van der Waals surface area contributed by atoms with Crippen LogP contribution in [0.4, 0.5) is 0 Å². The topological polar surface area (TPSA) is 158 Å². The second-order valence-electron chi connectivity index (χ2n) is 11.0. The molecule has 0 unspecified atom stereocenters. The second-order valence-corrected chi connectivity index (χ2v) is 11.0. The van der Waals surface area contributed by atoms with Gasteiger partial charge in [-0.25, -0.2) is 0 Å². The summed E-state index contributed by atoms with van der Waals surface area (Å²) in [6, 6.07) is 9.13. The number of benzene rings is 1. The highest BCUT2D eigenvalue weighted by Gasteiger charge is 2.44. The van der Waals surface area contributed by atoms with E-state index in [1.165, 1.54) is 37.7 Å². The van der Waals surface area contributed by atoms with Crippen LogP contribution in [-0.4, -0.2) is 88.7 Å². The van der Waals surface area contributed by atoms with Crippen molar-refractivity contribution < 1.29 is 39.5 Å². The quantitative estimate of drug-likeness (QED) is 0.121. The molecule has 234 valence electrons. The van der Waals surface area contributed by atoms with Gasteiger partial charge in [-0.2, -0.15) is 0 Å². The van der Waals surface area contributed by atoms with Crippen molar-refractivity contribution >= 4 is 11.8 Å². The average Bonchev–Trinajstić information content (AvgIpc) is 2.98. The van der Waals surface area contributed by atoms with E-state index in [4.69, 9.17) is 9.47 Å². The van der Waals surface area contributed by atoms with E-state index in [9.17, 15) is 30.0 Å². The number of hydrogen-bond acceptors (Lipinski definition) is 8. The summed E-state index contributed by atoms with van der Waals surface area (Å²) in [4.78, 5) is 25.7. The molecular formula is C31H52N2O8. The molecule has 0 bridgehead atoms. The Bertz CT molecular complexity index is 841. The summed E-state index contributed by atoms with van der Waals surface area (Å²) in [5.74, 6) is -0.690. The minimum Gasteiger partial charge on any atom is -0.394 e. The van der Waals surface area contributed by atoms with Crippen molar-refractivity contribution in [2.24, 2.45) is 0 Å². The standard InChI is InChI=1S/C31H52N2O8/c1-2-3-4-5-6-7-8-15-20-32-30(39)24(22-40-31-29(38)28(37)27(36)25(21-34)41-31)33-26(35)19-14-10-13-18-23-16-11-9-12-17-23/h9,11-12,16-17,24-25,27-29,31,34,36-38H,2-8,10,13-15,18-22H2,1H3,(H,32,39)(H,33,35)/t24-,25+,27-,28-,29+,31-/m0/s1. The van der Waals surface area contributed by atoms with Crippen LogP contribution in [0.5, 0.6) is 0 Å². The fourth-order valence-corrected chi connectivity index (χ4v) is 4.88. The summed E-state index contributed by atoms with van der Waals surface area (Å²) in [6.07, 6.45) is 5.63. The predicted octanol–water partition coefficient (Wildman–Crippen LogP) is 2.35. The second kappa shape index (κ2) is 20.7. The lowest BCUT2D eigenvalue weighted by Crippen LogP contribution is -2.60. The van der Waals surface area contributed by atoms with Crippen LogP contribution >= 0.6 is 0 Å². The number of aliphatic hydroxyl groups is 4. The van der Waals surface area contributed by atoms with Crippen LogP contribution in [0.25, 0.3) is 0 Å². The fourth-order valence-electron chi connectivity index (χ4n) is 4.88. The van der Waals surface area contributed by atoms with Gasteiger partial charge in [0.25, 0.3) is 0 Å². The zero-order valence-electron chi connectivity index (χ0n) is 24.6. The van der Waals surface area contributed by atoms with E-state index in [0.29, 0.717) is 13.0 Å². The summed E-state index contributed by atoms with van der Waals surface area (Å²) in [5.41, 5.74) is 1.26. The van der Waals surface area contributed by atoms with E-state index in [-0.39, 0.29) is 18.9 Å². The van der Waals surface area contributed by atoms with Crippen LogP contribution in [0.15, 0.2) is 30.3 Å². The smallest absolute Gasteiger partial charge is 0.244 e. The van der Waals surface area contributed by atoms with Gasteiger partial charge >= 0.3 is 0 Å². The maximum Gasteiger partial charge on any atom is 0.244 e. The number of aliphatic hydroxyl groups excluding tert-OH is 4. The molecule has 1 saturated heterocycles. The van der Waals surface area contributed by atoms with Gasteiger partial charge in [0.05, 0.1) is 13.2 Å². The third kappa shape index (κ3) is 13.6. The first kappa shape index (κ1) is 35.1. The molecule has 0 aromatic heterocycles. The molecule has 1 heterocycles. The van der Waals surface area contributed by atoms with Gasteiger partial charge in [0.2, 0.25) is 11.8 Å². The molecule has 10 heteroatoms. The Morgan fingerprint density at radius 2 is 1.54 bits per heavy atom. The number of ether oxygens (including phenoxy) is 2. The van der Waals surface area contributed by atoms with Gasteiger partial charge in [-0.05, 0) is 31.2 Å². The number of unbranched alkanes of at least 4 members (excludes halogenated alkanes) is 9. The van der Waals surface area contributed by atoms with Crippen molar-refractivity contribution in [1.82, 2.24) is 10.6 Å². The number of aryl methyl sites for hydroxylation is 1. The van der Waals surface area contributed by atoms with Crippen LogP contribution in [0.3, 0.4) is 0 Å². The van der Waals surface area contributed by atoms with Gasteiger partial charge in [0, 0.05) is 13.0 Å². The van der Waals surface area contributed by atoms with E-state index in [2.05, 4.69) is 29.7 Å². The first-order chi connectivity index (χ1) is 19.9. The third-order valence-electron chi connectivity index (χ3n) is 7.47. The SMILES string of the molecule is CCCCCCCCCCNC(=O)[C@H](CO[C@H]1O[C@H](CO)[C@H](O)[C@H](O)[C@H]1O)NC(=O)CCCCCc1ccccc1. The fraction of sp³-hybridized carbons (Fsp3) is 0.742. The van der Waals surface area contributed by atoms with E-state index in [1.54, 1.807) is 0 Å². The van der Waals surface area contributed by atoms with Crippen LogP contribution in [0.1, 0.15) is 89.5 Å². The Hall–Kier alpha value is -2.08. The highest BCUT2D eigenvalue weighted by atomic mass is 16.7. The number of nitrogens with one attached hydrogen (secondary N) is 2. The number of carbonyl (C=O) groups is 2. The molecule has 1 fully saturated rings. The number of carbonyl (C=O) groups excluding carboxylic acids is 2. The molecule has 0 aliphatic carbocycles. The van der Waals surface area contributed by atoms with Gasteiger partial charge in [0.1, 0.15) is 30.5 Å². The van der Waals surface area contributed by atoms with Gasteiger partial charge < -0.3 is 40.5 Å². The van der Waals surface area contributed by atoms with Gasteiger partial charge in [-0.3, -0.25) is 9.59 Å². The summed E-state index contributed by atoms with van der Waals surface area (Å²) in [5, 5.41) is 45.3. The molecule has 6 N–H and O–H groups in total. The lowest BCUT2D eigenvalue weighted by molar-refractivity contribution is -0.301. The van der Waals surface area contributed by atoms with Gasteiger partial charge in [-0.1, -0.05) is 88.6 Å². The number of hydrogen-bond donors (Lipinski definition) is 6. The van der Waals surface area contributed by atoms with E-state index in [0.717, 1.165) is 38.5 Å². The van der Waals surface area contributed by atoms with Crippen LogP contribution < -0.4 is 10.6 Å². The van der Waals surface area contributed by atoms with E-state index in [1.807, 2.05) is 18.2 Å². The van der Waals surface area contributed by atoms with Crippen LogP contribution in [-0.2, 0) is 25.5 Å². The first-order valence-corrected chi connectivity index (χ1v) is 15.4. The summed E-state index contributed by atoms with van der Waals surface area (Å²) >= 11 is 0. The molecule has 2 amide bonds. The summed E-state index contributed by atoms with van der Waals surface area (Å²) in [6.45, 7) is 1.76. The maximum atomic E-state index is 13.0. The Labute approximate surface area is 244 Å². The maximum absolute atomic E-state index is 13.0. The molecule has 1 aromatic rings. The largest absolute Gasteiger partial charge is 0.394 e. The van der Waals surface area contributed by atoms with Crippen LogP contribution in [0.2, 0.25) is 0 Å². The predicted molar refractivity (Wildman–Crippen MR) is 156 cm³/mol. The molecule has 0 saturated carbocycles. The van der Waals surface area contributed by atoms with Gasteiger partial charge in [-0.15, -0.1) is 0 Å². The van der Waals surface area contributed by atoms with Crippen molar-refractivity contribution in [2.45, 2.75) is 127 Å². The zero-order valence-corrected chi connectivity index (χ0v) is 24.6. The highest BCUT2D eigenvalue weighted by molar-refractivity contribution is 5.87. The molecular weight excluding hydrogens is 528 g/mol. The van der Waals surface area contributed by atoms with Crippen molar-refractivity contribution in [3.05, 3.63) is 35.9 Å². The van der Waals surface area contributed by atoms with Crippen molar-refractivity contribution in [3.8, 4) is 0 Å². The molecule has 10 nitrogen and oxygen atoms in total. The highest BCUT2D eigenvalue weighted by Crippen LogP contribution is 2.22. The van der Waals surface area contributed by atoms with Crippen molar-refractivity contribution in [1.29, 1.82) is 0 Å². The monoisotopic (exact) mass is 580 g/mol. The molecule has 0 radical (unpaired) electrons. The lowest BCUT2D eigenvalue weighted by atomic mass is 9.99. The summed E-state index contributed by atoms with van der Waals surface area (Å²) in [7, 11) is 0. The molecule has 2 rings (SSSR count). The molecule has 41 heavy (non-hydrogen) atoms. The molecule has 1 aliphatic rings. The Morgan fingerprint density at radius 1 is 0.878 bits per heavy atom. The minimum atomic E-state index is -1.59. The minimum absolute atomic E-state index is 0.261. The zero-order chi connectivity index (χ0) is 29.9. The summed E-state index contributed by atoms with van der Waals surface area (Å²) < 4.78 is 11.0. The lowest BCUT2D eigenvalue weighted by Gasteiger charge is -2.39. The molecule has 0 spiro atoms. The number of rotatable bonds is 21. The first-order valence-electron chi connectivity index (χ1n) is 15.4. The Kier molecular flexibility index (Phi) is 17.8. The van der Waals surface area contributed by atoms with E-state index < -0.39 is 49.3 Å². The van der Waals surface area contributed by atoms with Crippen molar-refractivity contribution in [2.75, 3.05) is 19.8 Å².